The molecule has 0 fully saturated rings. The zero-order chi connectivity index (χ0) is 14.5. The van der Waals surface area contributed by atoms with Gasteiger partial charge in [-0.1, -0.05) is 24.6 Å². The number of benzene rings is 1. The Labute approximate surface area is 122 Å². The fraction of sp³-hybridized carbons (Fsp3) is 0.471. The summed E-state index contributed by atoms with van der Waals surface area (Å²) in [4.78, 5) is 4.14. The molecular weight excluding hydrogens is 246 g/mol. The first kappa shape index (κ1) is 14.8. The molecule has 0 aliphatic heterocycles. The molecule has 0 aliphatic carbocycles. The van der Waals surface area contributed by atoms with Crippen LogP contribution in [0.3, 0.4) is 0 Å². The van der Waals surface area contributed by atoms with E-state index < -0.39 is 0 Å². The molecule has 1 N–H and O–H groups in total. The molecule has 1 aromatic carbocycles. The molecule has 2 aromatic rings. The zero-order valence-electron chi connectivity index (χ0n) is 13.0. The molecule has 3 heteroatoms. The topological polar surface area (TPSA) is 29.9 Å². The number of nitrogens with zero attached hydrogens (tertiary/aromatic N) is 2. The van der Waals surface area contributed by atoms with Gasteiger partial charge in [-0.2, -0.15) is 0 Å². The number of nitrogens with one attached hydrogen (secondary N) is 1. The second kappa shape index (κ2) is 6.71. The molecule has 0 spiro atoms. The molecule has 0 saturated heterocycles. The standard InChI is InChI=1S/C17H25N3/c1-5-6-19-16(11-20-8-7-18-12-20)17-14(3)9-13(2)10-15(17)4/h7-10,12,16,19H,5-6,11H2,1-4H3. The number of hydrogen-bond donors (Lipinski definition) is 1. The van der Waals surface area contributed by atoms with Gasteiger partial charge < -0.3 is 9.88 Å². The molecule has 1 unspecified atom stereocenters. The van der Waals surface area contributed by atoms with Gasteiger partial charge in [-0.3, -0.25) is 0 Å². The van der Waals surface area contributed by atoms with E-state index in [1.54, 1.807) is 0 Å². The van der Waals surface area contributed by atoms with E-state index in [4.69, 9.17) is 0 Å². The lowest BCUT2D eigenvalue weighted by atomic mass is 9.93. The fourth-order valence-electron chi connectivity index (χ4n) is 2.92. The van der Waals surface area contributed by atoms with Crippen molar-refractivity contribution >= 4 is 0 Å². The van der Waals surface area contributed by atoms with Crippen molar-refractivity contribution in [3.8, 4) is 0 Å². The summed E-state index contributed by atoms with van der Waals surface area (Å²) in [6, 6.07) is 4.89. The minimum absolute atomic E-state index is 0.338. The monoisotopic (exact) mass is 271 g/mol. The second-order valence-corrected chi connectivity index (χ2v) is 5.58. The van der Waals surface area contributed by atoms with Crippen LogP contribution in [0.4, 0.5) is 0 Å². The number of aromatic nitrogens is 2. The predicted octanol–water partition coefficient (Wildman–Crippen LogP) is 3.55. The molecule has 0 amide bonds. The van der Waals surface area contributed by atoms with E-state index in [0.717, 1.165) is 19.5 Å². The normalized spacial score (nSPS) is 12.6. The number of imidazole rings is 1. The van der Waals surface area contributed by atoms with Crippen LogP contribution in [0.5, 0.6) is 0 Å². The molecule has 1 atom stereocenters. The molecule has 108 valence electrons. The van der Waals surface area contributed by atoms with Crippen LogP contribution >= 0.6 is 0 Å². The Morgan fingerprint density at radius 3 is 2.45 bits per heavy atom. The van der Waals surface area contributed by atoms with Crippen LogP contribution in [0.15, 0.2) is 30.9 Å². The van der Waals surface area contributed by atoms with Crippen LogP contribution in [-0.2, 0) is 6.54 Å². The van der Waals surface area contributed by atoms with Gasteiger partial charge in [0.1, 0.15) is 0 Å². The van der Waals surface area contributed by atoms with Crippen molar-refractivity contribution in [2.75, 3.05) is 6.54 Å². The van der Waals surface area contributed by atoms with Crippen LogP contribution in [0.2, 0.25) is 0 Å². The second-order valence-electron chi connectivity index (χ2n) is 5.58. The van der Waals surface area contributed by atoms with Crippen molar-refractivity contribution in [1.82, 2.24) is 14.9 Å². The van der Waals surface area contributed by atoms with Crippen molar-refractivity contribution in [3.63, 3.8) is 0 Å². The summed E-state index contributed by atoms with van der Waals surface area (Å²) < 4.78 is 2.14. The fourth-order valence-corrected chi connectivity index (χ4v) is 2.92. The maximum atomic E-state index is 4.14. The van der Waals surface area contributed by atoms with Crippen LogP contribution in [0.25, 0.3) is 0 Å². The van der Waals surface area contributed by atoms with Gasteiger partial charge in [-0.15, -0.1) is 0 Å². The molecule has 1 aromatic heterocycles. The lowest BCUT2D eigenvalue weighted by Crippen LogP contribution is -2.27. The van der Waals surface area contributed by atoms with Gasteiger partial charge in [0, 0.05) is 18.9 Å². The number of hydrogen-bond acceptors (Lipinski definition) is 2. The minimum Gasteiger partial charge on any atom is -0.336 e. The number of rotatable bonds is 6. The van der Waals surface area contributed by atoms with Gasteiger partial charge in [0.2, 0.25) is 0 Å². The highest BCUT2D eigenvalue weighted by Crippen LogP contribution is 2.25. The Morgan fingerprint density at radius 1 is 1.20 bits per heavy atom. The molecule has 2 rings (SSSR count). The summed E-state index contributed by atoms with van der Waals surface area (Å²) in [7, 11) is 0. The third-order valence-corrected chi connectivity index (χ3v) is 3.68. The van der Waals surface area contributed by atoms with Crippen molar-refractivity contribution in [3.05, 3.63) is 53.1 Å². The SMILES string of the molecule is CCCNC(Cn1ccnc1)c1c(C)cc(C)cc1C. The van der Waals surface area contributed by atoms with E-state index in [1.807, 2.05) is 18.7 Å². The maximum Gasteiger partial charge on any atom is 0.0946 e. The van der Waals surface area contributed by atoms with Crippen LogP contribution in [-0.4, -0.2) is 16.1 Å². The third-order valence-electron chi connectivity index (χ3n) is 3.68. The zero-order valence-corrected chi connectivity index (χ0v) is 13.0. The van der Waals surface area contributed by atoms with Crippen LogP contribution in [0, 0.1) is 20.8 Å². The molecular formula is C17H25N3. The smallest absolute Gasteiger partial charge is 0.0946 e. The van der Waals surface area contributed by atoms with E-state index in [-0.39, 0.29) is 0 Å². The summed E-state index contributed by atoms with van der Waals surface area (Å²) in [5.41, 5.74) is 5.51. The van der Waals surface area contributed by atoms with Crippen molar-refractivity contribution < 1.29 is 0 Å². The Bertz CT molecular complexity index is 520. The molecule has 0 radical (unpaired) electrons. The maximum absolute atomic E-state index is 4.14. The van der Waals surface area contributed by atoms with Crippen LogP contribution < -0.4 is 5.32 Å². The predicted molar refractivity (Wildman–Crippen MR) is 83.9 cm³/mol. The highest BCUT2D eigenvalue weighted by Gasteiger charge is 2.16. The van der Waals surface area contributed by atoms with Crippen molar-refractivity contribution in [2.24, 2.45) is 0 Å². The van der Waals surface area contributed by atoms with Gasteiger partial charge in [0.15, 0.2) is 0 Å². The molecule has 0 saturated carbocycles. The third kappa shape index (κ3) is 3.48. The van der Waals surface area contributed by atoms with Gasteiger partial charge in [-0.05, 0) is 50.4 Å². The molecule has 0 aliphatic rings. The average Bonchev–Trinajstić information content (AvgIpc) is 2.87. The van der Waals surface area contributed by atoms with Crippen molar-refractivity contribution in [2.45, 2.75) is 46.7 Å². The van der Waals surface area contributed by atoms with E-state index in [1.165, 1.54) is 22.3 Å². The summed E-state index contributed by atoms with van der Waals surface area (Å²) in [6.45, 7) is 10.7. The summed E-state index contributed by atoms with van der Waals surface area (Å²) in [5.74, 6) is 0. The van der Waals surface area contributed by atoms with Gasteiger partial charge >= 0.3 is 0 Å². The van der Waals surface area contributed by atoms with E-state index in [0.29, 0.717) is 6.04 Å². The van der Waals surface area contributed by atoms with E-state index in [2.05, 4.69) is 54.7 Å². The van der Waals surface area contributed by atoms with Gasteiger partial charge in [0.05, 0.1) is 12.4 Å². The lowest BCUT2D eigenvalue weighted by molar-refractivity contribution is 0.459. The summed E-state index contributed by atoms with van der Waals surface area (Å²) in [5, 5.41) is 3.68. The minimum atomic E-state index is 0.338. The van der Waals surface area contributed by atoms with Crippen molar-refractivity contribution in [1.29, 1.82) is 0 Å². The average molecular weight is 271 g/mol. The first-order chi connectivity index (χ1) is 9.61. The Hall–Kier alpha value is -1.61. The Balaban J connectivity index is 2.30. The first-order valence-corrected chi connectivity index (χ1v) is 7.38. The van der Waals surface area contributed by atoms with Gasteiger partial charge in [0.25, 0.3) is 0 Å². The largest absolute Gasteiger partial charge is 0.336 e. The Morgan fingerprint density at radius 2 is 1.90 bits per heavy atom. The first-order valence-electron chi connectivity index (χ1n) is 7.38. The quantitative estimate of drug-likeness (QED) is 0.870. The molecule has 0 bridgehead atoms. The Kier molecular flexibility index (Phi) is 4.96. The highest BCUT2D eigenvalue weighted by atomic mass is 15.1. The van der Waals surface area contributed by atoms with Crippen LogP contribution in [0.1, 0.15) is 41.6 Å². The number of aryl methyl sites for hydroxylation is 3. The molecule has 3 nitrogen and oxygen atoms in total. The molecule has 20 heavy (non-hydrogen) atoms. The molecule has 1 heterocycles. The summed E-state index contributed by atoms with van der Waals surface area (Å²) in [6.07, 6.45) is 6.90. The summed E-state index contributed by atoms with van der Waals surface area (Å²) >= 11 is 0. The van der Waals surface area contributed by atoms with E-state index >= 15 is 0 Å². The highest BCUT2D eigenvalue weighted by molar-refractivity contribution is 5.39. The lowest BCUT2D eigenvalue weighted by Gasteiger charge is -2.24. The van der Waals surface area contributed by atoms with Gasteiger partial charge in [-0.25, -0.2) is 4.98 Å². The van der Waals surface area contributed by atoms with E-state index in [9.17, 15) is 0 Å².